The van der Waals surface area contributed by atoms with Gasteiger partial charge in [-0.25, -0.2) is 4.79 Å². The van der Waals surface area contributed by atoms with Crippen LogP contribution in [0.4, 0.5) is 0 Å². The number of aliphatic imine (C=N–C) groups is 1. The maximum Gasteiger partial charge on any atom is 0.338 e. The van der Waals surface area contributed by atoms with Gasteiger partial charge < -0.3 is 4.74 Å². The lowest BCUT2D eigenvalue weighted by Gasteiger charge is -2.09. The van der Waals surface area contributed by atoms with Crippen molar-refractivity contribution in [3.63, 3.8) is 0 Å². The second-order valence-electron chi connectivity index (χ2n) is 5.33. The number of nitriles is 1. The van der Waals surface area contributed by atoms with Crippen LogP contribution >= 0.6 is 23.5 Å². The van der Waals surface area contributed by atoms with Gasteiger partial charge in [0.05, 0.1) is 23.7 Å². The molecule has 1 aliphatic rings. The number of hydrogen-bond acceptors (Lipinski definition) is 6. The maximum absolute atomic E-state index is 12.4. The zero-order chi connectivity index (χ0) is 17.5. The largest absolute Gasteiger partial charge is 0.457 e. The number of carbonyl (C=O) groups is 1. The van der Waals surface area contributed by atoms with E-state index in [2.05, 4.69) is 11.1 Å². The van der Waals surface area contributed by atoms with E-state index in [0.29, 0.717) is 16.9 Å². The summed E-state index contributed by atoms with van der Waals surface area (Å²) in [5, 5.41) is 8.81. The third kappa shape index (κ3) is 4.88. The third-order valence-corrected chi connectivity index (χ3v) is 5.90. The first kappa shape index (κ1) is 17.6. The SMILES string of the molecule is N#Cc1ccc(COC(=O)c2ccccc2CSC2=NCCS2)cc1. The van der Waals surface area contributed by atoms with E-state index in [1.807, 2.05) is 18.2 Å². The van der Waals surface area contributed by atoms with Gasteiger partial charge in [-0.1, -0.05) is 53.9 Å². The molecule has 2 aromatic rings. The quantitative estimate of drug-likeness (QED) is 0.738. The molecule has 0 amide bonds. The van der Waals surface area contributed by atoms with E-state index < -0.39 is 0 Å². The normalized spacial score (nSPS) is 13.2. The van der Waals surface area contributed by atoms with Crippen LogP contribution in [0.1, 0.15) is 27.0 Å². The zero-order valence-electron chi connectivity index (χ0n) is 13.5. The first-order chi connectivity index (χ1) is 12.3. The van der Waals surface area contributed by atoms with Crippen molar-refractivity contribution in [1.82, 2.24) is 0 Å². The van der Waals surface area contributed by atoms with Gasteiger partial charge >= 0.3 is 5.97 Å². The Kier molecular flexibility index (Phi) is 6.15. The van der Waals surface area contributed by atoms with Crippen molar-refractivity contribution in [3.8, 4) is 6.07 Å². The highest BCUT2D eigenvalue weighted by Gasteiger charge is 2.14. The Hall–Kier alpha value is -2.23. The van der Waals surface area contributed by atoms with Crippen molar-refractivity contribution in [2.75, 3.05) is 12.3 Å². The lowest BCUT2D eigenvalue weighted by atomic mass is 10.1. The third-order valence-electron chi connectivity index (χ3n) is 3.60. The predicted octanol–water partition coefficient (Wildman–Crippen LogP) is 4.25. The number of rotatable bonds is 5. The van der Waals surface area contributed by atoms with Gasteiger partial charge in [-0.3, -0.25) is 4.99 Å². The molecule has 4 nitrogen and oxygen atoms in total. The molecule has 25 heavy (non-hydrogen) atoms. The summed E-state index contributed by atoms with van der Waals surface area (Å²) >= 11 is 3.42. The summed E-state index contributed by atoms with van der Waals surface area (Å²) < 4.78 is 6.52. The highest BCUT2D eigenvalue weighted by atomic mass is 32.2. The van der Waals surface area contributed by atoms with Crippen LogP contribution in [-0.4, -0.2) is 22.6 Å². The molecule has 6 heteroatoms. The Morgan fingerprint density at radius 3 is 2.76 bits per heavy atom. The van der Waals surface area contributed by atoms with E-state index in [0.717, 1.165) is 27.8 Å². The Morgan fingerprint density at radius 2 is 2.04 bits per heavy atom. The highest BCUT2D eigenvalue weighted by Crippen LogP contribution is 2.26. The molecule has 0 radical (unpaired) electrons. The summed E-state index contributed by atoms with van der Waals surface area (Å²) in [6.07, 6.45) is 0. The minimum absolute atomic E-state index is 0.189. The minimum atomic E-state index is -0.332. The van der Waals surface area contributed by atoms with Crippen molar-refractivity contribution in [2.24, 2.45) is 4.99 Å². The van der Waals surface area contributed by atoms with E-state index in [1.54, 1.807) is 53.9 Å². The molecular formula is C19H16N2O2S2. The average molecular weight is 368 g/mol. The van der Waals surface area contributed by atoms with Gasteiger partial charge in [-0.2, -0.15) is 5.26 Å². The van der Waals surface area contributed by atoms with Gasteiger partial charge in [0, 0.05) is 11.5 Å². The van der Waals surface area contributed by atoms with Crippen molar-refractivity contribution in [3.05, 3.63) is 70.8 Å². The Bertz CT molecular complexity index is 826. The van der Waals surface area contributed by atoms with Gasteiger partial charge in [0.1, 0.15) is 11.0 Å². The average Bonchev–Trinajstić information content (AvgIpc) is 3.18. The van der Waals surface area contributed by atoms with Crippen LogP contribution in [0, 0.1) is 11.3 Å². The number of thioether (sulfide) groups is 2. The van der Waals surface area contributed by atoms with Crippen LogP contribution in [0.25, 0.3) is 0 Å². The molecule has 0 aromatic heterocycles. The molecule has 0 saturated heterocycles. The summed E-state index contributed by atoms with van der Waals surface area (Å²) in [5.74, 6) is 1.41. The second kappa shape index (κ2) is 8.75. The van der Waals surface area contributed by atoms with Crippen molar-refractivity contribution in [1.29, 1.82) is 5.26 Å². The van der Waals surface area contributed by atoms with Crippen LogP contribution in [-0.2, 0) is 17.1 Å². The molecule has 0 N–H and O–H groups in total. The smallest absolute Gasteiger partial charge is 0.338 e. The van der Waals surface area contributed by atoms with Crippen LogP contribution in [0.3, 0.4) is 0 Å². The monoisotopic (exact) mass is 368 g/mol. The number of carbonyl (C=O) groups excluding carboxylic acids is 1. The highest BCUT2D eigenvalue weighted by molar-refractivity contribution is 8.38. The topological polar surface area (TPSA) is 62.4 Å². The number of benzene rings is 2. The number of nitrogens with zero attached hydrogens (tertiary/aromatic N) is 2. The predicted molar refractivity (Wildman–Crippen MR) is 103 cm³/mol. The minimum Gasteiger partial charge on any atom is -0.457 e. The molecule has 2 aromatic carbocycles. The fourth-order valence-electron chi connectivity index (χ4n) is 2.29. The summed E-state index contributed by atoms with van der Waals surface area (Å²) in [4.78, 5) is 16.9. The molecule has 3 rings (SSSR count). The molecule has 0 bridgehead atoms. The molecule has 126 valence electrons. The van der Waals surface area contributed by atoms with E-state index in [-0.39, 0.29) is 12.6 Å². The Labute approximate surface area is 155 Å². The van der Waals surface area contributed by atoms with E-state index in [4.69, 9.17) is 10.00 Å². The Balaban J connectivity index is 1.61. The molecule has 0 aliphatic carbocycles. The lowest BCUT2D eigenvalue weighted by Crippen LogP contribution is -2.08. The molecule has 0 atom stereocenters. The first-order valence-electron chi connectivity index (χ1n) is 7.80. The summed E-state index contributed by atoms with van der Waals surface area (Å²) in [5.41, 5.74) is 2.99. The van der Waals surface area contributed by atoms with Crippen LogP contribution in [0.15, 0.2) is 53.5 Å². The van der Waals surface area contributed by atoms with Crippen molar-refractivity contribution >= 4 is 33.9 Å². The van der Waals surface area contributed by atoms with Crippen molar-refractivity contribution in [2.45, 2.75) is 12.4 Å². The van der Waals surface area contributed by atoms with Gasteiger partial charge in [-0.05, 0) is 29.3 Å². The molecule has 0 spiro atoms. The molecule has 1 heterocycles. The van der Waals surface area contributed by atoms with Gasteiger partial charge in [0.25, 0.3) is 0 Å². The standard InChI is InChI=1S/C19H16N2O2S2/c20-11-14-5-7-15(8-6-14)12-23-18(22)17-4-2-1-3-16(17)13-25-19-21-9-10-24-19/h1-8H,9-10,12-13H2. The second-order valence-corrected chi connectivity index (χ2v) is 7.63. The summed E-state index contributed by atoms with van der Waals surface area (Å²) in [6, 6.07) is 16.6. The van der Waals surface area contributed by atoms with Crippen molar-refractivity contribution < 1.29 is 9.53 Å². The fourth-order valence-corrected chi connectivity index (χ4v) is 4.30. The summed E-state index contributed by atoms with van der Waals surface area (Å²) in [7, 11) is 0. The number of esters is 1. The van der Waals surface area contributed by atoms with Gasteiger partial charge in [0.15, 0.2) is 0 Å². The van der Waals surface area contributed by atoms with Crippen LogP contribution in [0.2, 0.25) is 0 Å². The van der Waals surface area contributed by atoms with Gasteiger partial charge in [0.2, 0.25) is 0 Å². The van der Waals surface area contributed by atoms with Gasteiger partial charge in [-0.15, -0.1) is 0 Å². The van der Waals surface area contributed by atoms with E-state index in [9.17, 15) is 4.79 Å². The van der Waals surface area contributed by atoms with E-state index in [1.165, 1.54) is 0 Å². The zero-order valence-corrected chi connectivity index (χ0v) is 15.1. The fraction of sp³-hybridized carbons (Fsp3) is 0.211. The number of ether oxygens (including phenoxy) is 1. The van der Waals surface area contributed by atoms with Crippen LogP contribution in [0.5, 0.6) is 0 Å². The molecule has 0 unspecified atom stereocenters. The Morgan fingerprint density at radius 1 is 1.24 bits per heavy atom. The molecule has 0 fully saturated rings. The molecule has 1 aliphatic heterocycles. The van der Waals surface area contributed by atoms with E-state index >= 15 is 0 Å². The number of hydrogen-bond donors (Lipinski definition) is 0. The maximum atomic E-state index is 12.4. The summed E-state index contributed by atoms with van der Waals surface area (Å²) in [6.45, 7) is 1.07. The lowest BCUT2D eigenvalue weighted by molar-refractivity contribution is 0.0472. The molecule has 0 saturated carbocycles. The first-order valence-corrected chi connectivity index (χ1v) is 9.77. The van der Waals surface area contributed by atoms with Crippen LogP contribution < -0.4 is 0 Å². The molecular weight excluding hydrogens is 352 g/mol.